The molecule has 26 heavy (non-hydrogen) atoms. The number of benzene rings is 2. The Balaban J connectivity index is 1.64. The fourth-order valence-electron chi connectivity index (χ4n) is 2.87. The van der Waals surface area contributed by atoms with Crippen LogP contribution in [0.15, 0.2) is 42.5 Å². The van der Waals surface area contributed by atoms with Crippen molar-refractivity contribution >= 4 is 17.3 Å². The second kappa shape index (κ2) is 8.36. The summed E-state index contributed by atoms with van der Waals surface area (Å²) in [4.78, 5) is 0. The molecule has 0 saturated carbocycles. The Hall–Kier alpha value is -2.34. The number of ether oxygens (including phenoxy) is 2. The van der Waals surface area contributed by atoms with Gasteiger partial charge in [-0.1, -0.05) is 32.0 Å². The van der Waals surface area contributed by atoms with Gasteiger partial charge in [0.05, 0.1) is 6.04 Å². The van der Waals surface area contributed by atoms with Gasteiger partial charge < -0.3 is 20.1 Å². The average molecular weight is 374 g/mol. The zero-order valence-corrected chi connectivity index (χ0v) is 15.7. The molecule has 2 aromatic rings. The van der Waals surface area contributed by atoms with Crippen LogP contribution in [0.3, 0.4) is 0 Å². The molecule has 0 spiro atoms. The summed E-state index contributed by atoms with van der Waals surface area (Å²) in [7, 11) is 0. The van der Waals surface area contributed by atoms with Crippen LogP contribution in [-0.4, -0.2) is 18.3 Å². The smallest absolute Gasteiger partial charge is 0.167 e. The second-order valence-electron chi connectivity index (χ2n) is 6.58. The van der Waals surface area contributed by atoms with Crippen molar-refractivity contribution in [2.45, 2.75) is 26.4 Å². The van der Waals surface area contributed by atoms with Gasteiger partial charge in [-0.05, 0) is 53.5 Å². The van der Waals surface area contributed by atoms with E-state index in [0.717, 1.165) is 22.6 Å². The van der Waals surface area contributed by atoms with Gasteiger partial charge in [-0.25, -0.2) is 4.39 Å². The molecule has 0 amide bonds. The fourth-order valence-corrected chi connectivity index (χ4v) is 3.06. The van der Waals surface area contributed by atoms with Crippen LogP contribution in [0.5, 0.6) is 11.5 Å². The van der Waals surface area contributed by atoms with Gasteiger partial charge in [0.2, 0.25) is 0 Å². The molecule has 4 nitrogen and oxygen atoms in total. The minimum atomic E-state index is -0.243. The SMILES string of the molecule is CC(C)[C@@H](NC(=S)NCc1ccc(F)cc1)c1ccc2c(c1)OCCO2. The van der Waals surface area contributed by atoms with Crippen molar-refractivity contribution in [2.24, 2.45) is 5.92 Å². The molecule has 0 unspecified atom stereocenters. The van der Waals surface area contributed by atoms with Crippen LogP contribution in [0, 0.1) is 11.7 Å². The number of fused-ring (bicyclic) bond motifs is 1. The van der Waals surface area contributed by atoms with Gasteiger partial charge in [0.15, 0.2) is 16.6 Å². The minimum Gasteiger partial charge on any atom is -0.486 e. The number of hydrogen-bond acceptors (Lipinski definition) is 3. The number of thiocarbonyl (C=S) groups is 1. The van der Waals surface area contributed by atoms with Crippen molar-refractivity contribution in [1.82, 2.24) is 10.6 Å². The van der Waals surface area contributed by atoms with Crippen molar-refractivity contribution < 1.29 is 13.9 Å². The highest BCUT2D eigenvalue weighted by Crippen LogP contribution is 2.34. The van der Waals surface area contributed by atoms with Gasteiger partial charge in [0.25, 0.3) is 0 Å². The van der Waals surface area contributed by atoms with E-state index in [1.807, 2.05) is 18.2 Å². The Morgan fingerprint density at radius 1 is 1.08 bits per heavy atom. The van der Waals surface area contributed by atoms with Crippen molar-refractivity contribution in [2.75, 3.05) is 13.2 Å². The average Bonchev–Trinajstić information content (AvgIpc) is 2.65. The van der Waals surface area contributed by atoms with Gasteiger partial charge in [-0.3, -0.25) is 0 Å². The Labute approximate surface area is 158 Å². The maximum absolute atomic E-state index is 13.0. The zero-order chi connectivity index (χ0) is 18.5. The lowest BCUT2D eigenvalue weighted by Crippen LogP contribution is -2.39. The molecule has 2 N–H and O–H groups in total. The number of nitrogens with one attached hydrogen (secondary N) is 2. The third-order valence-corrected chi connectivity index (χ3v) is 4.51. The van der Waals surface area contributed by atoms with E-state index in [1.54, 1.807) is 12.1 Å². The second-order valence-corrected chi connectivity index (χ2v) is 6.99. The summed E-state index contributed by atoms with van der Waals surface area (Å²) < 4.78 is 24.2. The number of halogens is 1. The standard InChI is InChI=1S/C20H23FN2O2S/c1-13(2)19(15-5-8-17-18(11-15)25-10-9-24-17)23-20(26)22-12-14-3-6-16(21)7-4-14/h3-8,11,13,19H,9-10,12H2,1-2H3,(H2,22,23,26)/t19-/m1/s1. The van der Waals surface area contributed by atoms with Gasteiger partial charge in [-0.2, -0.15) is 0 Å². The van der Waals surface area contributed by atoms with Crippen LogP contribution in [0.2, 0.25) is 0 Å². The van der Waals surface area contributed by atoms with E-state index in [-0.39, 0.29) is 11.9 Å². The first-order chi connectivity index (χ1) is 12.5. The molecule has 0 aliphatic carbocycles. The molecule has 0 saturated heterocycles. The Kier molecular flexibility index (Phi) is 5.93. The molecule has 1 aliphatic rings. The van der Waals surface area contributed by atoms with Gasteiger partial charge in [0, 0.05) is 6.54 Å². The highest BCUT2D eigenvalue weighted by molar-refractivity contribution is 7.80. The van der Waals surface area contributed by atoms with Crippen molar-refractivity contribution in [1.29, 1.82) is 0 Å². The van der Waals surface area contributed by atoms with Gasteiger partial charge >= 0.3 is 0 Å². The summed E-state index contributed by atoms with van der Waals surface area (Å²) in [6.07, 6.45) is 0. The summed E-state index contributed by atoms with van der Waals surface area (Å²) in [6.45, 7) is 5.95. The molecular formula is C20H23FN2O2S. The maximum atomic E-state index is 13.0. The topological polar surface area (TPSA) is 42.5 Å². The first-order valence-corrected chi connectivity index (χ1v) is 9.12. The molecular weight excluding hydrogens is 351 g/mol. The molecule has 2 aromatic carbocycles. The first-order valence-electron chi connectivity index (χ1n) is 8.71. The van der Waals surface area contributed by atoms with E-state index in [1.165, 1.54) is 12.1 Å². The van der Waals surface area contributed by atoms with E-state index in [2.05, 4.69) is 24.5 Å². The van der Waals surface area contributed by atoms with E-state index >= 15 is 0 Å². The summed E-state index contributed by atoms with van der Waals surface area (Å²) >= 11 is 5.44. The summed E-state index contributed by atoms with van der Waals surface area (Å²) in [6, 6.07) is 12.4. The molecule has 1 heterocycles. The van der Waals surface area contributed by atoms with Crippen LogP contribution in [0.4, 0.5) is 4.39 Å². The zero-order valence-electron chi connectivity index (χ0n) is 14.9. The van der Waals surface area contributed by atoms with E-state index in [0.29, 0.717) is 30.8 Å². The van der Waals surface area contributed by atoms with Crippen molar-refractivity contribution in [3.05, 3.63) is 59.4 Å². The summed E-state index contributed by atoms with van der Waals surface area (Å²) in [5.74, 6) is 1.63. The molecule has 0 aromatic heterocycles. The van der Waals surface area contributed by atoms with Crippen LogP contribution in [0.1, 0.15) is 31.0 Å². The predicted octanol–water partition coefficient (Wildman–Crippen LogP) is 3.96. The molecule has 0 bridgehead atoms. The Bertz CT molecular complexity index is 765. The minimum absolute atomic E-state index is 0.0408. The monoisotopic (exact) mass is 374 g/mol. The highest BCUT2D eigenvalue weighted by atomic mass is 32.1. The normalized spacial score (nSPS) is 14.0. The maximum Gasteiger partial charge on any atom is 0.167 e. The first kappa shape index (κ1) is 18.5. The summed E-state index contributed by atoms with van der Waals surface area (Å²) in [5, 5.41) is 7.11. The predicted molar refractivity (Wildman–Crippen MR) is 104 cm³/mol. The lowest BCUT2D eigenvalue weighted by atomic mass is 9.95. The molecule has 3 rings (SSSR count). The van der Waals surface area contributed by atoms with E-state index in [9.17, 15) is 4.39 Å². The highest BCUT2D eigenvalue weighted by Gasteiger charge is 2.20. The molecule has 0 radical (unpaired) electrons. The Morgan fingerprint density at radius 3 is 2.46 bits per heavy atom. The van der Waals surface area contributed by atoms with Gasteiger partial charge in [-0.15, -0.1) is 0 Å². The Morgan fingerprint density at radius 2 is 1.77 bits per heavy atom. The third kappa shape index (κ3) is 4.64. The lowest BCUT2D eigenvalue weighted by Gasteiger charge is -2.26. The molecule has 1 aliphatic heterocycles. The quantitative estimate of drug-likeness (QED) is 0.776. The summed E-state index contributed by atoms with van der Waals surface area (Å²) in [5.41, 5.74) is 2.06. The van der Waals surface area contributed by atoms with Crippen LogP contribution < -0.4 is 20.1 Å². The van der Waals surface area contributed by atoms with Gasteiger partial charge in [0.1, 0.15) is 19.0 Å². The number of rotatable bonds is 5. The fraction of sp³-hybridized carbons (Fsp3) is 0.350. The van der Waals surface area contributed by atoms with E-state index < -0.39 is 0 Å². The van der Waals surface area contributed by atoms with Crippen molar-refractivity contribution in [3.63, 3.8) is 0 Å². The molecule has 1 atom stereocenters. The molecule has 0 fully saturated rings. The largest absolute Gasteiger partial charge is 0.486 e. The van der Waals surface area contributed by atoms with E-state index in [4.69, 9.17) is 21.7 Å². The van der Waals surface area contributed by atoms with Crippen LogP contribution in [0.25, 0.3) is 0 Å². The van der Waals surface area contributed by atoms with Crippen molar-refractivity contribution in [3.8, 4) is 11.5 Å². The number of hydrogen-bond donors (Lipinski definition) is 2. The molecule has 6 heteroatoms. The molecule has 138 valence electrons. The third-order valence-electron chi connectivity index (χ3n) is 4.24. The van der Waals surface area contributed by atoms with Crippen LogP contribution in [-0.2, 0) is 6.54 Å². The lowest BCUT2D eigenvalue weighted by molar-refractivity contribution is 0.171. The van der Waals surface area contributed by atoms with Crippen LogP contribution >= 0.6 is 12.2 Å².